The van der Waals surface area contributed by atoms with E-state index in [1.807, 2.05) is 24.3 Å². The van der Waals surface area contributed by atoms with E-state index in [1.165, 1.54) is 0 Å². The van der Waals surface area contributed by atoms with Gasteiger partial charge in [0.25, 0.3) is 0 Å². The zero-order valence-corrected chi connectivity index (χ0v) is 15.2. The number of esters is 1. The molecular formula is C18H18Cl2N2O3. The summed E-state index contributed by atoms with van der Waals surface area (Å²) in [5.74, 6) is -0.752. The first-order chi connectivity index (χ1) is 12.0. The maximum absolute atomic E-state index is 12.1. The number of hydrogen-bond donors (Lipinski definition) is 2. The molecule has 25 heavy (non-hydrogen) atoms. The number of para-hydroxylation sites is 2. The lowest BCUT2D eigenvalue weighted by Gasteiger charge is -2.14. The molecule has 0 saturated carbocycles. The molecule has 0 aliphatic rings. The third-order valence-corrected chi connectivity index (χ3v) is 3.96. The van der Waals surface area contributed by atoms with Crippen LogP contribution in [0.3, 0.4) is 0 Å². The van der Waals surface area contributed by atoms with E-state index >= 15 is 0 Å². The Kier molecular flexibility index (Phi) is 7.10. The minimum absolute atomic E-state index is 0.102. The summed E-state index contributed by atoms with van der Waals surface area (Å²) in [7, 11) is 0. The fourth-order valence-electron chi connectivity index (χ4n) is 2.17. The summed E-state index contributed by atoms with van der Waals surface area (Å²) in [6.45, 7) is 1.83. The second-order valence-corrected chi connectivity index (χ2v) is 5.95. The molecule has 0 spiro atoms. The first kappa shape index (κ1) is 19.1. The minimum Gasteiger partial charge on any atom is -0.465 e. The van der Waals surface area contributed by atoms with Crippen LogP contribution in [0.2, 0.25) is 10.0 Å². The van der Waals surface area contributed by atoms with Crippen LogP contribution in [0.1, 0.15) is 12.5 Å². The topological polar surface area (TPSA) is 67.4 Å². The average Bonchev–Trinajstić information content (AvgIpc) is 2.58. The van der Waals surface area contributed by atoms with Crippen LogP contribution in [0.15, 0.2) is 42.5 Å². The Labute approximate surface area is 156 Å². The van der Waals surface area contributed by atoms with Crippen molar-refractivity contribution in [3.63, 3.8) is 0 Å². The number of ether oxygens (including phenoxy) is 1. The number of nitrogens with one attached hydrogen (secondary N) is 2. The Bertz CT molecular complexity index is 745. The second kappa shape index (κ2) is 9.30. The van der Waals surface area contributed by atoms with E-state index in [0.717, 1.165) is 5.56 Å². The highest BCUT2D eigenvalue weighted by atomic mass is 35.5. The van der Waals surface area contributed by atoms with Crippen LogP contribution in [-0.4, -0.2) is 25.0 Å². The largest absolute Gasteiger partial charge is 0.465 e. The van der Waals surface area contributed by atoms with Crippen LogP contribution < -0.4 is 10.6 Å². The number of benzene rings is 2. The maximum atomic E-state index is 12.1. The monoisotopic (exact) mass is 380 g/mol. The number of carbonyl (C=O) groups is 2. The van der Waals surface area contributed by atoms with Crippen molar-refractivity contribution < 1.29 is 14.3 Å². The molecule has 0 aliphatic carbocycles. The number of carbonyl (C=O) groups excluding carboxylic acids is 2. The molecule has 0 unspecified atom stereocenters. The highest BCUT2D eigenvalue weighted by molar-refractivity contribution is 6.39. The molecule has 0 aliphatic heterocycles. The maximum Gasteiger partial charge on any atom is 0.325 e. The highest BCUT2D eigenvalue weighted by Gasteiger charge is 2.12. The van der Waals surface area contributed by atoms with Gasteiger partial charge in [0.2, 0.25) is 5.91 Å². The molecule has 7 heteroatoms. The van der Waals surface area contributed by atoms with Gasteiger partial charge in [-0.1, -0.05) is 47.5 Å². The van der Waals surface area contributed by atoms with E-state index in [4.69, 9.17) is 27.9 Å². The van der Waals surface area contributed by atoms with E-state index in [1.54, 1.807) is 25.1 Å². The Morgan fingerprint density at radius 1 is 1.04 bits per heavy atom. The molecule has 2 rings (SSSR count). The molecule has 0 bridgehead atoms. The van der Waals surface area contributed by atoms with Gasteiger partial charge in [-0.05, 0) is 30.7 Å². The van der Waals surface area contributed by atoms with Crippen LogP contribution in [0, 0.1) is 0 Å². The van der Waals surface area contributed by atoms with Gasteiger partial charge >= 0.3 is 5.97 Å². The van der Waals surface area contributed by atoms with Gasteiger partial charge in [0.1, 0.15) is 6.54 Å². The van der Waals surface area contributed by atoms with Crippen molar-refractivity contribution in [3.8, 4) is 0 Å². The zero-order valence-electron chi connectivity index (χ0n) is 13.6. The summed E-state index contributed by atoms with van der Waals surface area (Å²) >= 11 is 12.3. The molecule has 1 amide bonds. The van der Waals surface area contributed by atoms with Gasteiger partial charge < -0.3 is 15.4 Å². The molecular weight excluding hydrogens is 363 g/mol. The molecule has 0 saturated heterocycles. The van der Waals surface area contributed by atoms with Gasteiger partial charge in [-0.2, -0.15) is 0 Å². The highest BCUT2D eigenvalue weighted by Crippen LogP contribution is 2.33. The van der Waals surface area contributed by atoms with Crippen LogP contribution in [0.4, 0.5) is 11.4 Å². The third kappa shape index (κ3) is 5.66. The number of amides is 1. The Morgan fingerprint density at radius 2 is 1.72 bits per heavy atom. The summed E-state index contributed by atoms with van der Waals surface area (Å²) in [6, 6.07) is 12.5. The smallest absolute Gasteiger partial charge is 0.325 e. The summed E-state index contributed by atoms with van der Waals surface area (Å²) in [5, 5.41) is 6.66. The van der Waals surface area contributed by atoms with Crippen LogP contribution in [0.25, 0.3) is 0 Å². The van der Waals surface area contributed by atoms with Gasteiger partial charge in [-0.25, -0.2) is 0 Å². The van der Waals surface area contributed by atoms with Crippen LogP contribution >= 0.6 is 23.2 Å². The fourth-order valence-corrected chi connectivity index (χ4v) is 2.66. The van der Waals surface area contributed by atoms with Crippen molar-refractivity contribution >= 4 is 46.5 Å². The lowest BCUT2D eigenvalue weighted by atomic mass is 10.1. The van der Waals surface area contributed by atoms with Gasteiger partial charge in [0, 0.05) is 5.69 Å². The van der Waals surface area contributed by atoms with Crippen molar-refractivity contribution in [3.05, 3.63) is 58.1 Å². The molecule has 2 aromatic carbocycles. The fraction of sp³-hybridized carbons (Fsp3) is 0.222. The zero-order chi connectivity index (χ0) is 18.2. The number of hydrogen-bond acceptors (Lipinski definition) is 4. The standard InChI is InChI=1S/C18H18Cl2N2O3/c1-2-25-17(24)11-21-16(23)10-12-6-3-4-9-15(12)22-18-13(19)7-5-8-14(18)20/h3-9,22H,2,10-11H2,1H3,(H,21,23). The van der Waals surface area contributed by atoms with Gasteiger partial charge in [-0.3, -0.25) is 9.59 Å². The number of halogens is 2. The minimum atomic E-state index is -0.467. The summed E-state index contributed by atoms with van der Waals surface area (Å²) in [5.41, 5.74) is 2.04. The SMILES string of the molecule is CCOC(=O)CNC(=O)Cc1ccccc1Nc1c(Cl)cccc1Cl. The van der Waals surface area contributed by atoms with E-state index in [0.29, 0.717) is 21.4 Å². The molecule has 0 fully saturated rings. The number of rotatable bonds is 7. The number of anilines is 2. The molecule has 0 radical (unpaired) electrons. The molecule has 0 heterocycles. The predicted molar refractivity (Wildman–Crippen MR) is 99.5 cm³/mol. The third-order valence-electron chi connectivity index (χ3n) is 3.33. The normalized spacial score (nSPS) is 10.2. The molecule has 0 atom stereocenters. The lowest BCUT2D eigenvalue weighted by molar-refractivity contribution is -0.143. The first-order valence-electron chi connectivity index (χ1n) is 7.72. The van der Waals surface area contributed by atoms with Gasteiger partial charge in [0.15, 0.2) is 0 Å². The summed E-state index contributed by atoms with van der Waals surface area (Å²) in [4.78, 5) is 23.4. The molecule has 5 nitrogen and oxygen atoms in total. The Morgan fingerprint density at radius 3 is 2.40 bits per heavy atom. The first-order valence-corrected chi connectivity index (χ1v) is 8.48. The van der Waals surface area contributed by atoms with Crippen molar-refractivity contribution in [2.45, 2.75) is 13.3 Å². The van der Waals surface area contributed by atoms with Crippen molar-refractivity contribution in [2.24, 2.45) is 0 Å². The summed E-state index contributed by atoms with van der Waals surface area (Å²) in [6.07, 6.45) is 0.102. The quantitative estimate of drug-likeness (QED) is 0.713. The van der Waals surface area contributed by atoms with E-state index in [-0.39, 0.29) is 25.5 Å². The molecule has 2 aromatic rings. The Balaban J connectivity index is 2.08. The molecule has 132 valence electrons. The van der Waals surface area contributed by atoms with E-state index < -0.39 is 5.97 Å². The van der Waals surface area contributed by atoms with Gasteiger partial charge in [0.05, 0.1) is 28.8 Å². The molecule has 2 N–H and O–H groups in total. The van der Waals surface area contributed by atoms with Crippen LogP contribution in [0.5, 0.6) is 0 Å². The van der Waals surface area contributed by atoms with Crippen molar-refractivity contribution in [1.82, 2.24) is 5.32 Å². The molecule has 0 aromatic heterocycles. The van der Waals surface area contributed by atoms with Gasteiger partial charge in [-0.15, -0.1) is 0 Å². The van der Waals surface area contributed by atoms with E-state index in [2.05, 4.69) is 10.6 Å². The lowest BCUT2D eigenvalue weighted by Crippen LogP contribution is -2.31. The second-order valence-electron chi connectivity index (χ2n) is 5.14. The Hall–Kier alpha value is -2.24. The predicted octanol–water partition coefficient (Wildman–Crippen LogP) is 3.96. The average molecular weight is 381 g/mol. The van der Waals surface area contributed by atoms with E-state index in [9.17, 15) is 9.59 Å². The van der Waals surface area contributed by atoms with Crippen molar-refractivity contribution in [2.75, 3.05) is 18.5 Å². The van der Waals surface area contributed by atoms with Crippen molar-refractivity contribution in [1.29, 1.82) is 0 Å². The van der Waals surface area contributed by atoms with Crippen LogP contribution in [-0.2, 0) is 20.7 Å². The summed E-state index contributed by atoms with van der Waals surface area (Å²) < 4.78 is 4.78.